The Balaban J connectivity index is 2.94. The minimum absolute atomic E-state index is 0.136. The summed E-state index contributed by atoms with van der Waals surface area (Å²) in [7, 11) is 2.05. The van der Waals surface area contributed by atoms with Crippen LogP contribution in [-0.4, -0.2) is 35.7 Å². The average molecular weight is 236 g/mol. The molecule has 1 aromatic carbocycles. The van der Waals surface area contributed by atoms with E-state index < -0.39 is 0 Å². The molecule has 3 nitrogen and oxygen atoms in total. The van der Waals surface area contributed by atoms with E-state index in [1.54, 1.807) is 0 Å². The van der Waals surface area contributed by atoms with Crippen molar-refractivity contribution in [1.29, 1.82) is 0 Å². The molecule has 0 aliphatic rings. The predicted molar refractivity (Wildman–Crippen MR) is 71.8 cm³/mol. The molecule has 1 atom stereocenters. The van der Waals surface area contributed by atoms with Gasteiger partial charge in [-0.2, -0.15) is 0 Å². The van der Waals surface area contributed by atoms with E-state index in [4.69, 9.17) is 5.73 Å². The van der Waals surface area contributed by atoms with Crippen LogP contribution in [0.15, 0.2) is 30.3 Å². The maximum Gasteiger partial charge on any atom is 0.0610 e. The highest BCUT2D eigenvalue weighted by Crippen LogP contribution is 2.28. The largest absolute Gasteiger partial charge is 0.394 e. The Morgan fingerprint density at radius 1 is 1.29 bits per heavy atom. The van der Waals surface area contributed by atoms with Gasteiger partial charge in [0.1, 0.15) is 0 Å². The van der Waals surface area contributed by atoms with Gasteiger partial charge in [0, 0.05) is 11.6 Å². The highest BCUT2D eigenvalue weighted by molar-refractivity contribution is 5.19. The summed E-state index contributed by atoms with van der Waals surface area (Å²) in [5.41, 5.74) is 6.71. The molecule has 0 amide bonds. The molecule has 0 saturated heterocycles. The summed E-state index contributed by atoms with van der Waals surface area (Å²) in [6.07, 6.45) is 0.893. The van der Waals surface area contributed by atoms with Gasteiger partial charge in [-0.25, -0.2) is 0 Å². The van der Waals surface area contributed by atoms with Crippen molar-refractivity contribution in [2.24, 2.45) is 5.73 Å². The van der Waals surface area contributed by atoms with Crippen LogP contribution in [0.2, 0.25) is 0 Å². The minimum atomic E-state index is -0.240. The van der Waals surface area contributed by atoms with Gasteiger partial charge in [0.25, 0.3) is 0 Å². The maximum atomic E-state index is 9.46. The van der Waals surface area contributed by atoms with Crippen molar-refractivity contribution in [1.82, 2.24) is 4.90 Å². The number of aliphatic hydroxyl groups is 1. The van der Waals surface area contributed by atoms with Crippen LogP contribution in [0, 0.1) is 0 Å². The first-order chi connectivity index (χ1) is 8.03. The third-order valence-corrected chi connectivity index (χ3v) is 3.43. The van der Waals surface area contributed by atoms with Crippen molar-refractivity contribution < 1.29 is 5.11 Å². The van der Waals surface area contributed by atoms with Crippen molar-refractivity contribution in [2.75, 3.05) is 20.2 Å². The van der Waals surface area contributed by atoms with Gasteiger partial charge >= 0.3 is 0 Å². The lowest BCUT2D eigenvalue weighted by molar-refractivity contribution is 0.0420. The lowest BCUT2D eigenvalue weighted by Gasteiger charge is -2.40. The van der Waals surface area contributed by atoms with E-state index in [0.29, 0.717) is 6.54 Å². The molecule has 0 spiro atoms. The van der Waals surface area contributed by atoms with Gasteiger partial charge in [-0.05, 0) is 39.4 Å². The summed E-state index contributed by atoms with van der Waals surface area (Å²) in [6, 6.07) is 10.6. The third kappa shape index (κ3) is 3.53. The zero-order valence-electron chi connectivity index (χ0n) is 11.1. The molecular formula is C14H24N2O. The zero-order valence-corrected chi connectivity index (χ0v) is 11.1. The van der Waals surface area contributed by atoms with Gasteiger partial charge in [-0.1, -0.05) is 30.3 Å². The second kappa shape index (κ2) is 6.15. The van der Waals surface area contributed by atoms with Gasteiger partial charge in [0.05, 0.1) is 6.61 Å². The number of benzene rings is 1. The van der Waals surface area contributed by atoms with Crippen LogP contribution in [0.3, 0.4) is 0 Å². The van der Waals surface area contributed by atoms with E-state index in [0.717, 1.165) is 6.42 Å². The molecule has 0 bridgehead atoms. The van der Waals surface area contributed by atoms with Crippen molar-refractivity contribution in [3.63, 3.8) is 0 Å². The van der Waals surface area contributed by atoms with Gasteiger partial charge in [-0.15, -0.1) is 0 Å². The zero-order chi connectivity index (χ0) is 12.9. The quantitative estimate of drug-likeness (QED) is 0.791. The highest BCUT2D eigenvalue weighted by Gasteiger charge is 2.29. The molecule has 3 N–H and O–H groups in total. The molecule has 1 aromatic rings. The number of likely N-dealkylation sites (N-methyl/N-ethyl adjacent to an activating group) is 1. The smallest absolute Gasteiger partial charge is 0.0610 e. The molecule has 0 saturated carbocycles. The summed E-state index contributed by atoms with van der Waals surface area (Å²) in [4.78, 5) is 2.20. The normalized spacial score (nSPS) is 14.0. The van der Waals surface area contributed by atoms with Crippen molar-refractivity contribution in [3.05, 3.63) is 35.9 Å². The minimum Gasteiger partial charge on any atom is -0.394 e. The second-order valence-electron chi connectivity index (χ2n) is 5.09. The maximum absolute atomic E-state index is 9.46. The highest BCUT2D eigenvalue weighted by atomic mass is 16.3. The van der Waals surface area contributed by atoms with Gasteiger partial charge in [0.15, 0.2) is 0 Å². The van der Waals surface area contributed by atoms with Crippen molar-refractivity contribution in [2.45, 2.75) is 31.8 Å². The summed E-state index contributed by atoms with van der Waals surface area (Å²) in [5, 5.41) is 9.46. The first kappa shape index (κ1) is 14.2. The molecule has 0 radical (unpaired) electrons. The topological polar surface area (TPSA) is 49.5 Å². The Hall–Kier alpha value is -0.900. The molecule has 3 heteroatoms. The van der Waals surface area contributed by atoms with Crippen molar-refractivity contribution in [3.8, 4) is 0 Å². The van der Waals surface area contributed by atoms with E-state index in [-0.39, 0.29) is 18.2 Å². The first-order valence-corrected chi connectivity index (χ1v) is 6.11. The van der Waals surface area contributed by atoms with Crippen LogP contribution in [0.1, 0.15) is 31.9 Å². The standard InChI is InChI=1S/C14H24N2O/c1-14(2,11-17)16(3)13(9-10-15)12-7-5-4-6-8-12/h4-8,13,17H,9-11,15H2,1-3H3. The Labute approximate surface area is 104 Å². The Bertz CT molecular complexity index is 324. The van der Waals surface area contributed by atoms with Gasteiger partial charge < -0.3 is 10.8 Å². The lowest BCUT2D eigenvalue weighted by atomic mass is 9.96. The number of hydrogen-bond donors (Lipinski definition) is 2. The fourth-order valence-corrected chi connectivity index (χ4v) is 1.95. The van der Waals surface area contributed by atoms with E-state index in [1.807, 2.05) is 39.1 Å². The molecule has 0 fully saturated rings. The number of aliphatic hydroxyl groups excluding tert-OH is 1. The van der Waals surface area contributed by atoms with Gasteiger partial charge in [0.2, 0.25) is 0 Å². The van der Waals surface area contributed by atoms with Gasteiger partial charge in [-0.3, -0.25) is 4.90 Å². The SMILES string of the molecule is CN(C(CCN)c1ccccc1)C(C)(C)CO. The third-order valence-electron chi connectivity index (χ3n) is 3.43. The summed E-state index contributed by atoms with van der Waals surface area (Å²) < 4.78 is 0. The molecule has 0 aromatic heterocycles. The lowest BCUT2D eigenvalue weighted by Crippen LogP contribution is -2.46. The molecule has 0 aliphatic carbocycles. The summed E-state index contributed by atoms with van der Waals surface area (Å²) >= 11 is 0. The van der Waals surface area contributed by atoms with Crippen molar-refractivity contribution >= 4 is 0 Å². The molecule has 96 valence electrons. The predicted octanol–water partition coefficient (Wildman–Crippen LogP) is 1.78. The number of rotatable bonds is 6. The van der Waals surface area contributed by atoms with Crippen LogP contribution in [-0.2, 0) is 0 Å². The Morgan fingerprint density at radius 2 is 1.88 bits per heavy atom. The first-order valence-electron chi connectivity index (χ1n) is 6.11. The molecule has 1 unspecified atom stereocenters. The fraction of sp³-hybridized carbons (Fsp3) is 0.571. The summed E-state index contributed by atoms with van der Waals surface area (Å²) in [6.45, 7) is 4.86. The number of hydrogen-bond acceptors (Lipinski definition) is 3. The number of nitrogens with zero attached hydrogens (tertiary/aromatic N) is 1. The Kier molecular flexibility index (Phi) is 5.12. The van der Waals surface area contributed by atoms with Crippen LogP contribution < -0.4 is 5.73 Å². The molecule has 1 rings (SSSR count). The molecule has 0 aliphatic heterocycles. The van der Waals surface area contributed by atoms with Crippen LogP contribution in [0.5, 0.6) is 0 Å². The fourth-order valence-electron chi connectivity index (χ4n) is 1.95. The monoisotopic (exact) mass is 236 g/mol. The molecule has 0 heterocycles. The molecular weight excluding hydrogens is 212 g/mol. The van der Waals surface area contributed by atoms with Crippen LogP contribution >= 0.6 is 0 Å². The van der Waals surface area contributed by atoms with E-state index >= 15 is 0 Å². The number of nitrogens with two attached hydrogens (primary N) is 1. The summed E-state index contributed by atoms with van der Waals surface area (Å²) in [5.74, 6) is 0. The second-order valence-corrected chi connectivity index (χ2v) is 5.09. The van der Waals surface area contributed by atoms with E-state index in [9.17, 15) is 5.11 Å². The van der Waals surface area contributed by atoms with E-state index in [1.165, 1.54) is 5.56 Å². The molecule has 17 heavy (non-hydrogen) atoms. The van der Waals surface area contributed by atoms with Crippen LogP contribution in [0.25, 0.3) is 0 Å². The average Bonchev–Trinajstić information content (AvgIpc) is 2.36. The van der Waals surface area contributed by atoms with Crippen LogP contribution in [0.4, 0.5) is 0 Å². The Morgan fingerprint density at radius 3 is 2.35 bits per heavy atom. The van der Waals surface area contributed by atoms with E-state index in [2.05, 4.69) is 17.0 Å².